The van der Waals surface area contributed by atoms with Crippen molar-refractivity contribution in [2.45, 2.75) is 51.7 Å². The van der Waals surface area contributed by atoms with E-state index in [0.717, 1.165) is 13.0 Å². The fourth-order valence-corrected chi connectivity index (χ4v) is 1.01. The van der Waals surface area contributed by atoms with Crippen molar-refractivity contribution in [3.63, 3.8) is 0 Å². The Bertz CT molecular complexity index is 189. The van der Waals surface area contributed by atoms with E-state index in [2.05, 4.69) is 26.1 Å². The summed E-state index contributed by atoms with van der Waals surface area (Å²) in [6.45, 7) is 6.97. The molecule has 0 heterocycles. The molecular formula is C11H20F3N. The smallest absolute Gasteiger partial charge is 0.312 e. The lowest BCUT2D eigenvalue weighted by Crippen LogP contribution is -2.36. The molecule has 0 amide bonds. The van der Waals surface area contributed by atoms with Crippen LogP contribution in [0.15, 0.2) is 12.2 Å². The summed E-state index contributed by atoms with van der Waals surface area (Å²) in [5.41, 5.74) is 0.0693. The molecule has 15 heavy (non-hydrogen) atoms. The number of alkyl halides is 3. The van der Waals surface area contributed by atoms with Crippen LogP contribution in [0.1, 0.15) is 40.0 Å². The maximum Gasteiger partial charge on any atom is 0.389 e. The van der Waals surface area contributed by atoms with Crippen molar-refractivity contribution in [1.82, 2.24) is 5.32 Å². The lowest BCUT2D eigenvalue weighted by atomic mass is 10.1. The first-order valence-electron chi connectivity index (χ1n) is 5.17. The van der Waals surface area contributed by atoms with E-state index in [0.29, 0.717) is 0 Å². The van der Waals surface area contributed by atoms with Gasteiger partial charge in [-0.15, -0.1) is 0 Å². The van der Waals surface area contributed by atoms with Gasteiger partial charge in [-0.25, -0.2) is 0 Å². The highest BCUT2D eigenvalue weighted by Crippen LogP contribution is 2.21. The van der Waals surface area contributed by atoms with Gasteiger partial charge < -0.3 is 5.32 Å². The molecule has 0 saturated heterocycles. The summed E-state index contributed by atoms with van der Waals surface area (Å²) >= 11 is 0. The molecule has 0 saturated carbocycles. The molecule has 4 heteroatoms. The SMILES string of the molecule is CC(C)(C)NCCC=CCCC(F)(F)F. The van der Waals surface area contributed by atoms with Crippen LogP contribution < -0.4 is 5.32 Å². The molecule has 0 aliphatic heterocycles. The molecule has 0 atom stereocenters. The first-order chi connectivity index (χ1) is 6.71. The lowest BCUT2D eigenvalue weighted by molar-refractivity contribution is -0.133. The topological polar surface area (TPSA) is 12.0 Å². The summed E-state index contributed by atoms with van der Waals surface area (Å²) in [4.78, 5) is 0. The van der Waals surface area contributed by atoms with Crippen molar-refractivity contribution in [2.24, 2.45) is 0 Å². The quantitative estimate of drug-likeness (QED) is 0.554. The molecule has 0 aliphatic rings. The maximum atomic E-state index is 11.7. The Balaban J connectivity index is 3.41. The van der Waals surface area contributed by atoms with Gasteiger partial charge in [0.05, 0.1) is 0 Å². The van der Waals surface area contributed by atoms with Crippen molar-refractivity contribution in [3.05, 3.63) is 12.2 Å². The summed E-state index contributed by atoms with van der Waals surface area (Å²) in [5.74, 6) is 0. The average Bonchev–Trinajstić information content (AvgIpc) is 1.98. The van der Waals surface area contributed by atoms with E-state index in [1.54, 1.807) is 12.2 Å². The average molecular weight is 223 g/mol. The Morgan fingerprint density at radius 1 is 1.00 bits per heavy atom. The van der Waals surface area contributed by atoms with Gasteiger partial charge in [-0.1, -0.05) is 12.2 Å². The summed E-state index contributed by atoms with van der Waals surface area (Å²) in [6, 6.07) is 0. The second kappa shape index (κ2) is 6.16. The Kier molecular flexibility index (Phi) is 5.95. The van der Waals surface area contributed by atoms with Crippen LogP contribution in [0.25, 0.3) is 0 Å². The maximum absolute atomic E-state index is 11.7. The largest absolute Gasteiger partial charge is 0.389 e. The van der Waals surface area contributed by atoms with Crippen molar-refractivity contribution in [1.29, 1.82) is 0 Å². The van der Waals surface area contributed by atoms with Gasteiger partial charge in [-0.2, -0.15) is 13.2 Å². The molecule has 90 valence electrons. The van der Waals surface area contributed by atoms with Gasteiger partial charge in [0.2, 0.25) is 0 Å². The zero-order valence-electron chi connectivity index (χ0n) is 9.62. The van der Waals surface area contributed by atoms with Crippen LogP contribution in [0.5, 0.6) is 0 Å². The highest BCUT2D eigenvalue weighted by Gasteiger charge is 2.25. The van der Waals surface area contributed by atoms with Crippen LogP contribution in [-0.2, 0) is 0 Å². The summed E-state index contributed by atoms with van der Waals surface area (Å²) < 4.78 is 35.2. The molecule has 1 N–H and O–H groups in total. The normalized spacial score (nSPS) is 13.7. The van der Waals surface area contributed by atoms with E-state index in [-0.39, 0.29) is 12.0 Å². The van der Waals surface area contributed by atoms with Crippen molar-refractivity contribution in [3.8, 4) is 0 Å². The predicted octanol–water partition coefficient (Wildman–Crippen LogP) is 3.66. The van der Waals surface area contributed by atoms with E-state index >= 15 is 0 Å². The van der Waals surface area contributed by atoms with Crippen LogP contribution in [0, 0.1) is 0 Å². The molecule has 0 spiro atoms. The molecule has 0 bridgehead atoms. The fraction of sp³-hybridized carbons (Fsp3) is 0.818. The second-order valence-electron chi connectivity index (χ2n) is 4.59. The van der Waals surface area contributed by atoms with Gasteiger partial charge in [0.15, 0.2) is 0 Å². The number of hydrogen-bond acceptors (Lipinski definition) is 1. The zero-order chi connectivity index (χ0) is 11.9. The first kappa shape index (κ1) is 14.5. The van der Waals surface area contributed by atoms with Gasteiger partial charge in [0.1, 0.15) is 0 Å². The monoisotopic (exact) mass is 223 g/mol. The van der Waals surface area contributed by atoms with Gasteiger partial charge in [-0.3, -0.25) is 0 Å². The molecule has 0 aromatic rings. The van der Waals surface area contributed by atoms with Crippen molar-refractivity contribution in [2.75, 3.05) is 6.54 Å². The van der Waals surface area contributed by atoms with Crippen LogP contribution in [-0.4, -0.2) is 18.3 Å². The molecule has 0 radical (unpaired) electrons. The number of allylic oxidation sites excluding steroid dienone is 1. The van der Waals surface area contributed by atoms with E-state index in [1.165, 1.54) is 0 Å². The third-order valence-corrected chi connectivity index (χ3v) is 1.73. The molecule has 0 aromatic carbocycles. The minimum atomic E-state index is -4.03. The minimum Gasteiger partial charge on any atom is -0.312 e. The molecule has 0 aliphatic carbocycles. The van der Waals surface area contributed by atoms with E-state index in [1.807, 2.05) is 0 Å². The Morgan fingerprint density at radius 3 is 2.00 bits per heavy atom. The molecular weight excluding hydrogens is 203 g/mol. The Morgan fingerprint density at radius 2 is 1.53 bits per heavy atom. The van der Waals surface area contributed by atoms with Crippen molar-refractivity contribution < 1.29 is 13.2 Å². The number of halogens is 3. The summed E-state index contributed by atoms with van der Waals surface area (Å²) in [7, 11) is 0. The highest BCUT2D eigenvalue weighted by atomic mass is 19.4. The highest BCUT2D eigenvalue weighted by molar-refractivity contribution is 4.84. The van der Waals surface area contributed by atoms with Crippen LogP contribution in [0.2, 0.25) is 0 Å². The third kappa shape index (κ3) is 13.5. The van der Waals surface area contributed by atoms with Gasteiger partial charge in [0.25, 0.3) is 0 Å². The number of nitrogens with one attached hydrogen (secondary N) is 1. The predicted molar refractivity (Wildman–Crippen MR) is 56.8 cm³/mol. The Hall–Kier alpha value is -0.510. The van der Waals surface area contributed by atoms with Gasteiger partial charge >= 0.3 is 6.18 Å². The van der Waals surface area contributed by atoms with E-state index < -0.39 is 12.6 Å². The molecule has 0 aromatic heterocycles. The second-order valence-corrected chi connectivity index (χ2v) is 4.59. The van der Waals surface area contributed by atoms with Crippen LogP contribution in [0.4, 0.5) is 13.2 Å². The molecule has 0 unspecified atom stereocenters. The summed E-state index contributed by atoms with van der Waals surface area (Å²) in [6.07, 6.45) is -0.513. The zero-order valence-corrected chi connectivity index (χ0v) is 9.62. The molecule has 1 nitrogen and oxygen atoms in total. The van der Waals surface area contributed by atoms with Gasteiger partial charge in [0, 0.05) is 12.0 Å². The minimum absolute atomic E-state index is 0.0693. The third-order valence-electron chi connectivity index (χ3n) is 1.73. The molecule has 0 rings (SSSR count). The van der Waals surface area contributed by atoms with Crippen molar-refractivity contribution >= 4 is 0 Å². The van der Waals surface area contributed by atoms with Crippen LogP contribution in [0.3, 0.4) is 0 Å². The Labute approximate surface area is 89.7 Å². The first-order valence-corrected chi connectivity index (χ1v) is 5.17. The lowest BCUT2D eigenvalue weighted by Gasteiger charge is -2.19. The fourth-order valence-electron chi connectivity index (χ4n) is 1.01. The molecule has 0 fully saturated rings. The van der Waals surface area contributed by atoms with Gasteiger partial charge in [-0.05, 0) is 40.2 Å². The standard InChI is InChI=1S/C11H20F3N/c1-10(2,3)15-9-7-5-4-6-8-11(12,13)14/h4-5,15H,6-9H2,1-3H3. The van der Waals surface area contributed by atoms with Crippen LogP contribution >= 0.6 is 0 Å². The summed E-state index contributed by atoms with van der Waals surface area (Å²) in [5, 5.41) is 3.26. The van der Waals surface area contributed by atoms with E-state index in [9.17, 15) is 13.2 Å². The van der Waals surface area contributed by atoms with E-state index in [4.69, 9.17) is 0 Å². The number of rotatable bonds is 5. The number of hydrogen-bond donors (Lipinski definition) is 1.